The van der Waals surface area contributed by atoms with Crippen molar-refractivity contribution in [1.29, 1.82) is 0 Å². The number of carbonyl (C=O) groups is 1. The number of ether oxygens (including phenoxy) is 2. The lowest BCUT2D eigenvalue weighted by molar-refractivity contribution is -0.124. The van der Waals surface area contributed by atoms with Crippen molar-refractivity contribution in [2.75, 3.05) is 13.7 Å². The summed E-state index contributed by atoms with van der Waals surface area (Å²) in [6.45, 7) is 10.7. The first-order valence-corrected chi connectivity index (χ1v) is 7.55. The molecule has 1 aromatic carbocycles. The van der Waals surface area contributed by atoms with E-state index in [4.69, 9.17) is 9.47 Å². The van der Waals surface area contributed by atoms with Gasteiger partial charge in [0.2, 0.25) is 0 Å². The van der Waals surface area contributed by atoms with Crippen molar-refractivity contribution in [2.24, 2.45) is 0 Å². The molecular weight excluding hydrogens is 316 g/mol. The highest BCUT2D eigenvalue weighted by Crippen LogP contribution is 2.28. The molecule has 6 heteroatoms. The van der Waals surface area contributed by atoms with Crippen LogP contribution in [0.3, 0.4) is 0 Å². The lowest BCUT2D eigenvalue weighted by Gasteiger charge is -2.20. The molecule has 132 valence electrons. The maximum Gasteiger partial charge on any atom is 0.258 e. The number of hydrogen-bond donors (Lipinski definition) is 2. The average molecular weight is 344 g/mol. The molecule has 0 fully saturated rings. The highest BCUT2D eigenvalue weighted by atomic mass is 35.5. The Morgan fingerprint density at radius 2 is 1.87 bits per heavy atom. The molecule has 0 bridgehead atoms. The third kappa shape index (κ3) is 8.67. The van der Waals surface area contributed by atoms with E-state index in [9.17, 15) is 4.79 Å². The molecule has 0 aliphatic carbocycles. The summed E-state index contributed by atoms with van der Waals surface area (Å²) in [4.78, 5) is 11.8. The molecule has 1 amide bonds. The summed E-state index contributed by atoms with van der Waals surface area (Å²) in [6.07, 6.45) is 0. The van der Waals surface area contributed by atoms with Crippen molar-refractivity contribution in [1.82, 2.24) is 10.6 Å². The SMILES string of the molecule is COc1cc(CNC(C)C)ccc1OCC(=O)NC(C)(C)C.[Cl-]. The van der Waals surface area contributed by atoms with Gasteiger partial charge in [-0.15, -0.1) is 0 Å². The zero-order chi connectivity index (χ0) is 16.8. The fraction of sp³-hybridized carbons (Fsp3) is 0.588. The first kappa shape index (κ1) is 21.5. The normalized spacial score (nSPS) is 10.9. The number of hydrogen-bond acceptors (Lipinski definition) is 4. The van der Waals surface area contributed by atoms with Crippen molar-refractivity contribution < 1.29 is 26.7 Å². The Morgan fingerprint density at radius 1 is 1.22 bits per heavy atom. The van der Waals surface area contributed by atoms with Gasteiger partial charge in [0, 0.05) is 18.1 Å². The molecule has 2 N–H and O–H groups in total. The topological polar surface area (TPSA) is 59.6 Å². The minimum absolute atomic E-state index is 0. The first-order chi connectivity index (χ1) is 10.2. The zero-order valence-corrected chi connectivity index (χ0v) is 15.6. The van der Waals surface area contributed by atoms with Crippen LogP contribution in [0.1, 0.15) is 40.2 Å². The maximum atomic E-state index is 11.8. The molecule has 0 aliphatic rings. The second kappa shape index (κ2) is 9.63. The number of methoxy groups -OCH3 is 1. The Labute approximate surface area is 145 Å². The predicted molar refractivity (Wildman–Crippen MR) is 88.4 cm³/mol. The minimum atomic E-state index is -0.267. The second-order valence-electron chi connectivity index (χ2n) is 6.61. The van der Waals surface area contributed by atoms with Gasteiger partial charge in [-0.2, -0.15) is 0 Å². The van der Waals surface area contributed by atoms with Gasteiger partial charge in [-0.05, 0) is 38.5 Å². The molecule has 0 saturated heterocycles. The van der Waals surface area contributed by atoms with E-state index in [-0.39, 0.29) is 30.5 Å². The van der Waals surface area contributed by atoms with Crippen molar-refractivity contribution >= 4 is 5.91 Å². The maximum absolute atomic E-state index is 11.8. The smallest absolute Gasteiger partial charge is 0.258 e. The third-order valence-corrected chi connectivity index (χ3v) is 2.82. The van der Waals surface area contributed by atoms with Gasteiger partial charge in [0.15, 0.2) is 18.1 Å². The van der Waals surface area contributed by atoms with E-state index in [0.29, 0.717) is 17.5 Å². The molecule has 1 aromatic rings. The van der Waals surface area contributed by atoms with Crippen LogP contribution in [0.5, 0.6) is 11.5 Å². The van der Waals surface area contributed by atoms with Crippen LogP contribution in [0.4, 0.5) is 0 Å². The van der Waals surface area contributed by atoms with Crippen LogP contribution in [0.15, 0.2) is 18.2 Å². The summed E-state index contributed by atoms with van der Waals surface area (Å²) in [5.74, 6) is 1.05. The van der Waals surface area contributed by atoms with E-state index in [1.807, 2.05) is 39.0 Å². The van der Waals surface area contributed by atoms with Gasteiger partial charge in [0.05, 0.1) is 7.11 Å². The standard InChI is InChI=1S/C17H28N2O3.ClH/c1-12(2)18-10-13-7-8-14(15(9-13)21-6)22-11-16(20)19-17(3,4)5;/h7-9,12,18H,10-11H2,1-6H3,(H,19,20);1H/p-1. The molecule has 5 nitrogen and oxygen atoms in total. The van der Waals surface area contributed by atoms with Crippen molar-refractivity contribution in [3.05, 3.63) is 23.8 Å². The van der Waals surface area contributed by atoms with Gasteiger partial charge >= 0.3 is 0 Å². The highest BCUT2D eigenvalue weighted by Gasteiger charge is 2.15. The largest absolute Gasteiger partial charge is 1.00 e. The van der Waals surface area contributed by atoms with Gasteiger partial charge < -0.3 is 32.5 Å². The van der Waals surface area contributed by atoms with Gasteiger partial charge in [0.1, 0.15) is 0 Å². The summed E-state index contributed by atoms with van der Waals surface area (Å²) in [5.41, 5.74) is 0.841. The van der Waals surface area contributed by atoms with E-state index >= 15 is 0 Å². The number of rotatable bonds is 7. The zero-order valence-electron chi connectivity index (χ0n) is 14.8. The summed E-state index contributed by atoms with van der Waals surface area (Å²) < 4.78 is 10.9. The fourth-order valence-corrected chi connectivity index (χ4v) is 1.86. The highest BCUT2D eigenvalue weighted by molar-refractivity contribution is 5.78. The molecular formula is C17H28ClN2O3-. The quantitative estimate of drug-likeness (QED) is 0.700. The number of carbonyl (C=O) groups excluding carboxylic acids is 1. The summed E-state index contributed by atoms with van der Waals surface area (Å²) >= 11 is 0. The molecule has 0 spiro atoms. The van der Waals surface area contributed by atoms with Crippen molar-refractivity contribution in [3.8, 4) is 11.5 Å². The lowest BCUT2D eigenvalue weighted by Crippen LogP contribution is -3.00. The summed E-state index contributed by atoms with van der Waals surface area (Å²) in [6, 6.07) is 6.14. The van der Waals surface area contributed by atoms with Crippen molar-refractivity contribution in [3.63, 3.8) is 0 Å². The van der Waals surface area contributed by atoms with Crippen LogP contribution >= 0.6 is 0 Å². The van der Waals surface area contributed by atoms with Crippen LogP contribution in [-0.4, -0.2) is 31.2 Å². The number of halogens is 1. The molecule has 0 radical (unpaired) electrons. The third-order valence-electron chi connectivity index (χ3n) is 2.82. The number of nitrogens with one attached hydrogen (secondary N) is 2. The van der Waals surface area contributed by atoms with Gasteiger partial charge in [-0.25, -0.2) is 0 Å². The van der Waals surface area contributed by atoms with E-state index in [2.05, 4.69) is 24.5 Å². The van der Waals surface area contributed by atoms with Crippen LogP contribution in [0, 0.1) is 0 Å². The molecule has 0 heterocycles. The Kier molecular flexibility index (Phi) is 9.02. The molecule has 23 heavy (non-hydrogen) atoms. The van der Waals surface area contributed by atoms with E-state index in [1.54, 1.807) is 7.11 Å². The van der Waals surface area contributed by atoms with Gasteiger partial charge in [-0.3, -0.25) is 4.79 Å². The summed E-state index contributed by atoms with van der Waals surface area (Å²) in [7, 11) is 1.59. The average Bonchev–Trinajstić information content (AvgIpc) is 2.41. The Balaban J connectivity index is 0.00000484. The fourth-order valence-electron chi connectivity index (χ4n) is 1.86. The van der Waals surface area contributed by atoms with Gasteiger partial charge in [0.25, 0.3) is 5.91 Å². The van der Waals surface area contributed by atoms with E-state index in [1.165, 1.54) is 0 Å². The monoisotopic (exact) mass is 343 g/mol. The molecule has 0 aliphatic heterocycles. The molecule has 0 saturated carbocycles. The second-order valence-corrected chi connectivity index (χ2v) is 6.61. The first-order valence-electron chi connectivity index (χ1n) is 7.55. The minimum Gasteiger partial charge on any atom is -1.00 e. The Bertz CT molecular complexity index is 499. The van der Waals surface area contributed by atoms with E-state index < -0.39 is 0 Å². The number of benzene rings is 1. The lowest BCUT2D eigenvalue weighted by atomic mass is 10.1. The number of amides is 1. The van der Waals surface area contributed by atoms with Crippen LogP contribution in [0.25, 0.3) is 0 Å². The van der Waals surface area contributed by atoms with Crippen LogP contribution < -0.4 is 32.5 Å². The van der Waals surface area contributed by atoms with Gasteiger partial charge in [-0.1, -0.05) is 19.9 Å². The van der Waals surface area contributed by atoms with E-state index in [0.717, 1.165) is 12.1 Å². The molecule has 0 unspecified atom stereocenters. The van der Waals surface area contributed by atoms with Crippen LogP contribution in [0.2, 0.25) is 0 Å². The van der Waals surface area contributed by atoms with Crippen LogP contribution in [-0.2, 0) is 11.3 Å². The molecule has 0 atom stereocenters. The van der Waals surface area contributed by atoms with Crippen molar-refractivity contribution in [2.45, 2.75) is 52.7 Å². The molecule has 1 rings (SSSR count). The Hall–Kier alpha value is -1.46. The summed E-state index contributed by atoms with van der Waals surface area (Å²) in [5, 5.41) is 6.20. The Morgan fingerprint density at radius 3 is 2.39 bits per heavy atom. The molecule has 0 aromatic heterocycles. The predicted octanol–water partition coefficient (Wildman–Crippen LogP) is -0.509.